The molecule has 2 aromatic rings. The summed E-state index contributed by atoms with van der Waals surface area (Å²) in [6.07, 6.45) is 0. The maximum Gasteiger partial charge on any atom is 0.0926 e. The monoisotopic (exact) mass is 254 g/mol. The van der Waals surface area contributed by atoms with Crippen LogP contribution < -0.4 is 0 Å². The van der Waals surface area contributed by atoms with Crippen LogP contribution in [-0.2, 0) is 7.05 Å². The minimum atomic E-state index is 1.05. The average molecular weight is 255 g/mol. The number of hydrogen-bond acceptors (Lipinski definition) is 1. The predicted molar refractivity (Wildman–Crippen MR) is 64.5 cm³/mol. The Kier molecular flexibility index (Phi) is 3.69. The van der Waals surface area contributed by atoms with E-state index in [1.54, 1.807) is 0 Å². The lowest BCUT2D eigenvalue weighted by Gasteiger charge is -1.92. The van der Waals surface area contributed by atoms with E-state index in [1.165, 1.54) is 11.1 Å². The molecule has 76 valence electrons. The van der Waals surface area contributed by atoms with Crippen LogP contribution in [0.1, 0.15) is 19.5 Å². The molecular weight excluding hydrogens is 240 g/mol. The van der Waals surface area contributed by atoms with Crippen molar-refractivity contribution in [3.8, 4) is 0 Å². The Morgan fingerprint density at radius 3 is 2.57 bits per heavy atom. The summed E-state index contributed by atoms with van der Waals surface area (Å²) in [6.45, 7) is 6.07. The van der Waals surface area contributed by atoms with Gasteiger partial charge in [-0.15, -0.1) is 0 Å². The van der Waals surface area contributed by atoms with Crippen LogP contribution in [0.3, 0.4) is 0 Å². The topological polar surface area (TPSA) is 17.8 Å². The zero-order valence-electron chi connectivity index (χ0n) is 9.00. The normalized spacial score (nSPS) is 9.79. The molecule has 0 radical (unpaired) electrons. The first kappa shape index (κ1) is 11.2. The van der Waals surface area contributed by atoms with E-state index >= 15 is 0 Å². The summed E-state index contributed by atoms with van der Waals surface area (Å²) in [7, 11) is 1.96. The van der Waals surface area contributed by atoms with Crippen molar-refractivity contribution in [2.24, 2.45) is 7.05 Å². The van der Waals surface area contributed by atoms with Crippen molar-refractivity contribution < 1.29 is 0 Å². The van der Waals surface area contributed by atoms with Gasteiger partial charge in [-0.25, -0.2) is 0 Å². The molecule has 0 spiro atoms. The molecular formula is C11H15BrN2. The van der Waals surface area contributed by atoms with Crippen LogP contribution in [-0.4, -0.2) is 9.78 Å². The number of fused-ring (bicyclic) bond motifs is 1. The number of hydrogen-bond donors (Lipinski definition) is 0. The molecule has 0 saturated carbocycles. The number of aromatic nitrogens is 2. The van der Waals surface area contributed by atoms with Gasteiger partial charge in [0, 0.05) is 22.6 Å². The summed E-state index contributed by atoms with van der Waals surface area (Å²) >= 11 is 3.44. The smallest absolute Gasteiger partial charge is 0.0926 e. The Hall–Kier alpha value is -0.830. The van der Waals surface area contributed by atoms with Crippen LogP contribution in [0, 0.1) is 6.92 Å². The van der Waals surface area contributed by atoms with Gasteiger partial charge in [-0.05, 0) is 25.1 Å². The lowest BCUT2D eigenvalue weighted by Crippen LogP contribution is -1.91. The minimum Gasteiger partial charge on any atom is -0.272 e. The van der Waals surface area contributed by atoms with Crippen LogP contribution in [0.25, 0.3) is 10.9 Å². The maximum atomic E-state index is 4.35. The van der Waals surface area contributed by atoms with Crippen molar-refractivity contribution in [3.05, 3.63) is 28.4 Å². The molecule has 0 atom stereocenters. The Morgan fingerprint density at radius 1 is 1.29 bits per heavy atom. The van der Waals surface area contributed by atoms with Gasteiger partial charge in [0.25, 0.3) is 0 Å². The van der Waals surface area contributed by atoms with E-state index in [1.807, 2.05) is 37.7 Å². The van der Waals surface area contributed by atoms with Gasteiger partial charge in [0.1, 0.15) is 0 Å². The molecule has 3 heteroatoms. The first-order valence-corrected chi connectivity index (χ1v) is 5.56. The summed E-state index contributed by atoms with van der Waals surface area (Å²) in [5, 5.41) is 5.56. The SMILES string of the molecule is CC.Cc1c2cc(Br)ccc2nn1C. The van der Waals surface area contributed by atoms with Gasteiger partial charge >= 0.3 is 0 Å². The summed E-state index contributed by atoms with van der Waals surface area (Å²) in [5.41, 5.74) is 2.25. The van der Waals surface area contributed by atoms with E-state index in [9.17, 15) is 0 Å². The van der Waals surface area contributed by atoms with Crippen molar-refractivity contribution in [2.75, 3.05) is 0 Å². The lowest BCUT2D eigenvalue weighted by atomic mass is 10.2. The van der Waals surface area contributed by atoms with E-state index in [-0.39, 0.29) is 0 Å². The number of rotatable bonds is 0. The van der Waals surface area contributed by atoms with Crippen molar-refractivity contribution in [1.82, 2.24) is 9.78 Å². The molecule has 14 heavy (non-hydrogen) atoms. The number of aryl methyl sites for hydroxylation is 2. The van der Waals surface area contributed by atoms with Crippen LogP contribution in [0.15, 0.2) is 22.7 Å². The van der Waals surface area contributed by atoms with E-state index in [4.69, 9.17) is 0 Å². The molecule has 1 aromatic heterocycles. The largest absolute Gasteiger partial charge is 0.272 e. The molecule has 0 saturated heterocycles. The van der Waals surface area contributed by atoms with Crippen molar-refractivity contribution in [1.29, 1.82) is 0 Å². The minimum absolute atomic E-state index is 1.05. The third-order valence-electron chi connectivity index (χ3n) is 2.09. The fourth-order valence-electron chi connectivity index (χ4n) is 1.30. The van der Waals surface area contributed by atoms with Crippen molar-refractivity contribution >= 4 is 26.8 Å². The highest BCUT2D eigenvalue weighted by atomic mass is 79.9. The standard InChI is InChI=1S/C9H9BrN2.C2H6/c1-6-8-5-7(10)3-4-9(8)11-12(6)2;1-2/h3-5H,1-2H3;1-2H3. The van der Waals surface area contributed by atoms with Gasteiger partial charge in [-0.2, -0.15) is 5.10 Å². The number of halogens is 1. The molecule has 0 unspecified atom stereocenters. The van der Waals surface area contributed by atoms with Crippen LogP contribution in [0.4, 0.5) is 0 Å². The second-order valence-corrected chi connectivity index (χ2v) is 3.79. The predicted octanol–water partition coefficient (Wildman–Crippen LogP) is 3.67. The van der Waals surface area contributed by atoms with Gasteiger partial charge in [0.2, 0.25) is 0 Å². The molecule has 1 heterocycles. The van der Waals surface area contributed by atoms with E-state index in [0.29, 0.717) is 0 Å². The molecule has 0 fully saturated rings. The summed E-state index contributed by atoms with van der Waals surface area (Å²) < 4.78 is 3.00. The first-order chi connectivity index (χ1) is 6.68. The molecule has 0 aliphatic heterocycles. The third-order valence-corrected chi connectivity index (χ3v) is 2.58. The molecule has 2 rings (SSSR count). The quantitative estimate of drug-likeness (QED) is 0.702. The summed E-state index contributed by atoms with van der Waals surface area (Å²) in [4.78, 5) is 0. The Morgan fingerprint density at radius 2 is 1.93 bits per heavy atom. The Bertz CT molecular complexity index is 432. The van der Waals surface area contributed by atoms with E-state index in [2.05, 4.69) is 34.0 Å². The van der Waals surface area contributed by atoms with Gasteiger partial charge in [-0.3, -0.25) is 4.68 Å². The molecule has 0 amide bonds. The molecule has 1 aromatic carbocycles. The van der Waals surface area contributed by atoms with Gasteiger partial charge in [0.15, 0.2) is 0 Å². The number of nitrogens with zero attached hydrogens (tertiary/aromatic N) is 2. The van der Waals surface area contributed by atoms with Crippen LogP contribution in [0.2, 0.25) is 0 Å². The molecule has 2 nitrogen and oxygen atoms in total. The lowest BCUT2D eigenvalue weighted by molar-refractivity contribution is 0.751. The molecule has 0 N–H and O–H groups in total. The first-order valence-electron chi connectivity index (χ1n) is 4.77. The zero-order valence-corrected chi connectivity index (χ0v) is 10.6. The highest BCUT2D eigenvalue weighted by Gasteiger charge is 2.03. The highest BCUT2D eigenvalue weighted by Crippen LogP contribution is 2.21. The third kappa shape index (κ3) is 1.98. The van der Waals surface area contributed by atoms with Gasteiger partial charge < -0.3 is 0 Å². The summed E-state index contributed by atoms with van der Waals surface area (Å²) in [5.74, 6) is 0. The molecule has 0 aliphatic rings. The van der Waals surface area contributed by atoms with E-state index in [0.717, 1.165) is 9.99 Å². The fraction of sp³-hybridized carbons (Fsp3) is 0.364. The fourth-order valence-corrected chi connectivity index (χ4v) is 1.66. The van der Waals surface area contributed by atoms with Gasteiger partial charge in [0.05, 0.1) is 5.52 Å². The zero-order chi connectivity index (χ0) is 10.7. The number of benzene rings is 1. The Balaban J connectivity index is 0.000000461. The van der Waals surface area contributed by atoms with Crippen molar-refractivity contribution in [2.45, 2.75) is 20.8 Å². The molecule has 0 aliphatic carbocycles. The van der Waals surface area contributed by atoms with Crippen molar-refractivity contribution in [3.63, 3.8) is 0 Å². The van der Waals surface area contributed by atoms with Crippen LogP contribution >= 0.6 is 15.9 Å². The summed E-state index contributed by atoms with van der Waals surface area (Å²) in [6, 6.07) is 6.12. The van der Waals surface area contributed by atoms with Gasteiger partial charge in [-0.1, -0.05) is 29.8 Å². The highest BCUT2D eigenvalue weighted by molar-refractivity contribution is 9.10. The molecule has 0 bridgehead atoms. The second-order valence-electron chi connectivity index (χ2n) is 2.87. The maximum absolute atomic E-state index is 4.35. The van der Waals surface area contributed by atoms with E-state index < -0.39 is 0 Å². The average Bonchev–Trinajstić information content (AvgIpc) is 2.48. The second kappa shape index (κ2) is 4.60. The Labute approximate surface area is 93.1 Å². The van der Waals surface area contributed by atoms with Crippen LogP contribution in [0.5, 0.6) is 0 Å².